The van der Waals surface area contributed by atoms with E-state index >= 15 is 0 Å². The Morgan fingerprint density at radius 3 is 2.36 bits per heavy atom. The van der Waals surface area contributed by atoms with Gasteiger partial charge in [-0.1, -0.05) is 36.8 Å². The Labute approximate surface area is 85.3 Å². The number of hydrogen-bond acceptors (Lipinski definition) is 2. The summed E-state index contributed by atoms with van der Waals surface area (Å²) in [5.41, 5.74) is 1.97. The van der Waals surface area contributed by atoms with Crippen LogP contribution in [0.3, 0.4) is 0 Å². The van der Waals surface area contributed by atoms with Crippen molar-refractivity contribution in [3.8, 4) is 0 Å². The molecule has 0 aliphatic carbocycles. The van der Waals surface area contributed by atoms with Crippen LogP contribution in [0, 0.1) is 6.92 Å². The smallest absolute Gasteiger partial charge is 0.179 e. The van der Waals surface area contributed by atoms with Crippen molar-refractivity contribution in [2.45, 2.75) is 26.3 Å². The van der Waals surface area contributed by atoms with E-state index in [0.29, 0.717) is 0 Å². The minimum atomic E-state index is -0.0577. The van der Waals surface area contributed by atoms with Crippen LogP contribution in [0.1, 0.15) is 29.3 Å². The zero-order valence-electron chi connectivity index (χ0n) is 9.00. The quantitative estimate of drug-likeness (QED) is 0.739. The first kappa shape index (κ1) is 10.9. The van der Waals surface area contributed by atoms with Crippen molar-refractivity contribution in [2.75, 3.05) is 7.05 Å². The van der Waals surface area contributed by atoms with Crippen molar-refractivity contribution in [3.63, 3.8) is 0 Å². The van der Waals surface area contributed by atoms with E-state index < -0.39 is 0 Å². The van der Waals surface area contributed by atoms with E-state index in [1.54, 1.807) is 0 Å². The molecule has 76 valence electrons. The summed E-state index contributed by atoms with van der Waals surface area (Å²) in [7, 11) is 1.82. The summed E-state index contributed by atoms with van der Waals surface area (Å²) < 4.78 is 0. The number of likely N-dealkylation sites (N-methyl/N-ethyl adjacent to an activating group) is 1. The summed E-state index contributed by atoms with van der Waals surface area (Å²) in [6, 6.07) is 7.65. The van der Waals surface area contributed by atoms with Gasteiger partial charge in [-0.2, -0.15) is 0 Å². The van der Waals surface area contributed by atoms with Crippen LogP contribution >= 0.6 is 0 Å². The van der Waals surface area contributed by atoms with Gasteiger partial charge in [0.2, 0.25) is 0 Å². The second-order valence-electron chi connectivity index (χ2n) is 3.48. The summed E-state index contributed by atoms with van der Waals surface area (Å²) in [4.78, 5) is 11.9. The highest BCUT2D eigenvalue weighted by Crippen LogP contribution is 2.07. The Morgan fingerprint density at radius 1 is 1.36 bits per heavy atom. The molecule has 0 saturated heterocycles. The lowest BCUT2D eigenvalue weighted by molar-refractivity contribution is 0.0945. The molecule has 1 N–H and O–H groups in total. The van der Waals surface area contributed by atoms with Crippen LogP contribution in [0.2, 0.25) is 0 Å². The van der Waals surface area contributed by atoms with Crippen LogP contribution in [-0.2, 0) is 0 Å². The van der Waals surface area contributed by atoms with Gasteiger partial charge in [-0.05, 0) is 20.4 Å². The van der Waals surface area contributed by atoms with E-state index in [0.717, 1.165) is 12.0 Å². The van der Waals surface area contributed by atoms with E-state index in [1.807, 2.05) is 45.2 Å². The number of hydrogen-bond donors (Lipinski definition) is 1. The number of nitrogens with one attached hydrogen (secondary N) is 1. The highest BCUT2D eigenvalue weighted by molar-refractivity contribution is 6.00. The average molecular weight is 191 g/mol. The lowest BCUT2D eigenvalue weighted by Crippen LogP contribution is -2.33. The Morgan fingerprint density at radius 2 is 1.93 bits per heavy atom. The zero-order chi connectivity index (χ0) is 10.6. The molecule has 0 fully saturated rings. The fourth-order valence-corrected chi connectivity index (χ4v) is 1.44. The second kappa shape index (κ2) is 4.91. The molecule has 0 amide bonds. The highest BCUT2D eigenvalue weighted by atomic mass is 16.1. The van der Waals surface area contributed by atoms with Crippen LogP contribution in [0.5, 0.6) is 0 Å². The first-order valence-corrected chi connectivity index (χ1v) is 4.97. The highest BCUT2D eigenvalue weighted by Gasteiger charge is 2.15. The van der Waals surface area contributed by atoms with Crippen molar-refractivity contribution in [1.29, 1.82) is 0 Å². The third kappa shape index (κ3) is 2.42. The molecule has 1 atom stereocenters. The van der Waals surface area contributed by atoms with Crippen molar-refractivity contribution in [1.82, 2.24) is 5.32 Å². The molecular formula is C12H17NO. The molecule has 0 saturated carbocycles. The predicted molar refractivity (Wildman–Crippen MR) is 58.6 cm³/mol. The Balaban J connectivity index is 2.83. The van der Waals surface area contributed by atoms with Crippen LogP contribution in [0.25, 0.3) is 0 Å². The molecule has 0 radical (unpaired) electrons. The van der Waals surface area contributed by atoms with Gasteiger partial charge in [-0.25, -0.2) is 0 Å². The normalized spacial score (nSPS) is 12.5. The van der Waals surface area contributed by atoms with Gasteiger partial charge in [-0.3, -0.25) is 4.79 Å². The third-order valence-corrected chi connectivity index (χ3v) is 2.41. The SMILES string of the molecule is CC[C@H](NC)C(=O)c1ccc(C)cc1. The Bertz CT molecular complexity index is 299. The lowest BCUT2D eigenvalue weighted by Gasteiger charge is -2.12. The van der Waals surface area contributed by atoms with Gasteiger partial charge in [-0.15, -0.1) is 0 Å². The fraction of sp³-hybridized carbons (Fsp3) is 0.417. The number of carbonyl (C=O) groups excluding carboxylic acids is 1. The monoisotopic (exact) mass is 191 g/mol. The van der Waals surface area contributed by atoms with E-state index in [4.69, 9.17) is 0 Å². The van der Waals surface area contributed by atoms with Gasteiger partial charge < -0.3 is 5.32 Å². The molecule has 14 heavy (non-hydrogen) atoms. The molecule has 0 aliphatic rings. The van der Waals surface area contributed by atoms with E-state index in [1.165, 1.54) is 5.56 Å². The molecule has 1 rings (SSSR count). The number of ketones is 1. The molecule has 2 heteroatoms. The topological polar surface area (TPSA) is 29.1 Å². The molecule has 0 heterocycles. The number of Topliss-reactive ketones (excluding diaryl/α,β-unsaturated/α-hetero) is 1. The maximum atomic E-state index is 11.9. The molecule has 0 aliphatic heterocycles. The van der Waals surface area contributed by atoms with Gasteiger partial charge in [0.1, 0.15) is 0 Å². The van der Waals surface area contributed by atoms with Gasteiger partial charge in [0.25, 0.3) is 0 Å². The second-order valence-corrected chi connectivity index (χ2v) is 3.48. The molecule has 1 aromatic carbocycles. The molecule has 0 spiro atoms. The largest absolute Gasteiger partial charge is 0.310 e. The van der Waals surface area contributed by atoms with E-state index in [-0.39, 0.29) is 11.8 Å². The third-order valence-electron chi connectivity index (χ3n) is 2.41. The molecule has 0 aromatic heterocycles. The molecule has 2 nitrogen and oxygen atoms in total. The number of rotatable bonds is 4. The Hall–Kier alpha value is -1.15. The van der Waals surface area contributed by atoms with Gasteiger partial charge in [0, 0.05) is 5.56 Å². The minimum absolute atomic E-state index is 0.0577. The number of benzene rings is 1. The van der Waals surface area contributed by atoms with Crippen LogP contribution < -0.4 is 5.32 Å². The molecular weight excluding hydrogens is 174 g/mol. The lowest BCUT2D eigenvalue weighted by atomic mass is 10.0. The van der Waals surface area contributed by atoms with Crippen LogP contribution in [-0.4, -0.2) is 18.9 Å². The van der Waals surface area contributed by atoms with Crippen molar-refractivity contribution in [2.24, 2.45) is 0 Å². The van der Waals surface area contributed by atoms with Crippen LogP contribution in [0.15, 0.2) is 24.3 Å². The summed E-state index contributed by atoms with van der Waals surface area (Å²) in [5.74, 6) is 0.176. The fourth-order valence-electron chi connectivity index (χ4n) is 1.44. The first-order valence-electron chi connectivity index (χ1n) is 4.97. The van der Waals surface area contributed by atoms with Crippen molar-refractivity contribution in [3.05, 3.63) is 35.4 Å². The van der Waals surface area contributed by atoms with Crippen LogP contribution in [0.4, 0.5) is 0 Å². The molecule has 0 bridgehead atoms. The summed E-state index contributed by atoms with van der Waals surface area (Å²) in [5, 5.41) is 3.02. The minimum Gasteiger partial charge on any atom is -0.310 e. The molecule has 1 aromatic rings. The van der Waals surface area contributed by atoms with E-state index in [9.17, 15) is 4.79 Å². The summed E-state index contributed by atoms with van der Waals surface area (Å²) in [6.45, 7) is 4.02. The van der Waals surface area contributed by atoms with Crippen molar-refractivity contribution >= 4 is 5.78 Å². The van der Waals surface area contributed by atoms with Gasteiger partial charge in [0.05, 0.1) is 6.04 Å². The summed E-state index contributed by atoms with van der Waals surface area (Å²) >= 11 is 0. The Kier molecular flexibility index (Phi) is 3.84. The molecule has 0 unspecified atom stereocenters. The first-order chi connectivity index (χ1) is 6.69. The van der Waals surface area contributed by atoms with Gasteiger partial charge >= 0.3 is 0 Å². The summed E-state index contributed by atoms with van der Waals surface area (Å²) in [6.07, 6.45) is 0.823. The maximum Gasteiger partial charge on any atom is 0.179 e. The average Bonchev–Trinajstić information content (AvgIpc) is 2.20. The number of aryl methyl sites for hydroxylation is 1. The zero-order valence-corrected chi connectivity index (χ0v) is 9.00. The standard InChI is InChI=1S/C12H17NO/c1-4-11(13-3)12(14)10-7-5-9(2)6-8-10/h5-8,11,13H,4H2,1-3H3/t11-/m0/s1. The van der Waals surface area contributed by atoms with Crippen molar-refractivity contribution < 1.29 is 4.79 Å². The predicted octanol–water partition coefficient (Wildman–Crippen LogP) is 2.18. The maximum absolute atomic E-state index is 11.9. The van der Waals surface area contributed by atoms with E-state index in [2.05, 4.69) is 5.32 Å². The van der Waals surface area contributed by atoms with Gasteiger partial charge in [0.15, 0.2) is 5.78 Å². The number of carbonyl (C=O) groups is 1.